The maximum absolute atomic E-state index is 14.6. The third kappa shape index (κ3) is 5.02. The van der Waals surface area contributed by atoms with Crippen LogP contribution in [0.25, 0.3) is 22.2 Å². The highest BCUT2D eigenvalue weighted by Gasteiger charge is 2.57. The number of hydrogen-bond acceptors (Lipinski definition) is 7. The average Bonchev–Trinajstić information content (AvgIpc) is 3.30. The Kier molecular flexibility index (Phi) is 7.35. The van der Waals surface area contributed by atoms with E-state index in [0.29, 0.717) is 17.2 Å². The summed E-state index contributed by atoms with van der Waals surface area (Å²) in [6.07, 6.45) is -3.22. The highest BCUT2D eigenvalue weighted by atomic mass is 19.4. The topological polar surface area (TPSA) is 111 Å². The zero-order chi connectivity index (χ0) is 30.3. The van der Waals surface area contributed by atoms with Gasteiger partial charge >= 0.3 is 6.18 Å². The van der Waals surface area contributed by atoms with Crippen LogP contribution in [0.15, 0.2) is 60.8 Å². The fourth-order valence-electron chi connectivity index (χ4n) is 4.90. The number of nitrogens with one attached hydrogen (secondary N) is 1. The number of aliphatic hydroxyl groups is 1. The summed E-state index contributed by atoms with van der Waals surface area (Å²) in [7, 11) is 1.37. The average molecular weight is 584 g/mol. The Morgan fingerprint density at radius 1 is 1.19 bits per heavy atom. The number of carbonyl (C=O) groups excluding carboxylic acids is 2. The molecule has 2 aromatic carbocycles. The molecule has 218 valence electrons. The molecule has 2 N–H and O–H groups in total. The Labute approximate surface area is 237 Å². The molecule has 1 unspecified atom stereocenters. The van der Waals surface area contributed by atoms with E-state index in [1.54, 1.807) is 19.1 Å². The van der Waals surface area contributed by atoms with E-state index in [1.807, 2.05) is 0 Å². The molecule has 0 spiro atoms. The first-order chi connectivity index (χ1) is 19.9. The van der Waals surface area contributed by atoms with E-state index < -0.39 is 41.2 Å². The van der Waals surface area contributed by atoms with E-state index in [2.05, 4.69) is 15.3 Å². The summed E-state index contributed by atoms with van der Waals surface area (Å²) in [6.45, 7) is 0.324. The molecule has 3 heterocycles. The number of methoxy groups -OCH3 is 1. The number of halogens is 4. The Morgan fingerprint density at radius 3 is 2.60 bits per heavy atom. The van der Waals surface area contributed by atoms with Crippen LogP contribution < -0.4 is 14.8 Å². The molecule has 0 aliphatic carbocycles. The third-order valence-electron chi connectivity index (χ3n) is 7.36. The molecule has 2 atom stereocenters. The zero-order valence-corrected chi connectivity index (χ0v) is 22.5. The van der Waals surface area contributed by atoms with Gasteiger partial charge in [0.05, 0.1) is 26.0 Å². The molecule has 42 heavy (non-hydrogen) atoms. The van der Waals surface area contributed by atoms with Crippen molar-refractivity contribution in [1.29, 1.82) is 0 Å². The molecular weight excluding hydrogens is 558 g/mol. The minimum absolute atomic E-state index is 0.0160. The fraction of sp³-hybridized carbons (Fsp3) is 0.267. The maximum atomic E-state index is 14.6. The standard InChI is InChI=1S/C30H25F4N3O5/c1-28(9-11-38)16-42-26-21(28)14-23(37-25(26)17-5-7-20(31)8-6-17)29(40,30(32,33)34)15-36-27(39)19-12-18-4-3-10-35-24(18)22(13-19)41-2/h3-8,10-14,40H,9,15-16H2,1-2H3,(H,36,39)/t28-,29?/m0/s1. The van der Waals surface area contributed by atoms with Crippen molar-refractivity contribution in [3.05, 3.63) is 83.4 Å². The highest BCUT2D eigenvalue weighted by Crippen LogP contribution is 2.48. The van der Waals surface area contributed by atoms with Crippen molar-refractivity contribution in [2.75, 3.05) is 20.3 Å². The van der Waals surface area contributed by atoms with Crippen molar-refractivity contribution in [3.8, 4) is 22.8 Å². The number of hydrogen-bond donors (Lipinski definition) is 2. The number of ether oxygens (including phenoxy) is 2. The number of pyridine rings is 2. The van der Waals surface area contributed by atoms with Gasteiger partial charge in [-0.3, -0.25) is 9.78 Å². The van der Waals surface area contributed by atoms with Crippen LogP contribution in [0.5, 0.6) is 11.5 Å². The van der Waals surface area contributed by atoms with Gasteiger partial charge in [-0.05, 0) is 48.5 Å². The van der Waals surface area contributed by atoms with Gasteiger partial charge in [0.2, 0.25) is 5.60 Å². The van der Waals surface area contributed by atoms with Crippen LogP contribution in [0.4, 0.5) is 17.6 Å². The van der Waals surface area contributed by atoms with Crippen molar-refractivity contribution in [2.45, 2.75) is 30.5 Å². The summed E-state index contributed by atoms with van der Waals surface area (Å²) >= 11 is 0. The molecule has 5 rings (SSSR count). The van der Waals surface area contributed by atoms with E-state index in [9.17, 15) is 32.3 Å². The predicted octanol–water partition coefficient (Wildman–Crippen LogP) is 4.86. The summed E-state index contributed by atoms with van der Waals surface area (Å²) in [5, 5.41) is 13.9. The van der Waals surface area contributed by atoms with Crippen molar-refractivity contribution < 1.29 is 41.7 Å². The molecule has 0 radical (unpaired) electrons. The van der Waals surface area contributed by atoms with E-state index in [1.165, 1.54) is 37.6 Å². The van der Waals surface area contributed by atoms with Crippen LogP contribution in [0, 0.1) is 5.82 Å². The second-order valence-electron chi connectivity index (χ2n) is 10.3. The van der Waals surface area contributed by atoms with Gasteiger partial charge in [-0.2, -0.15) is 13.2 Å². The van der Waals surface area contributed by atoms with E-state index in [4.69, 9.17) is 9.47 Å². The van der Waals surface area contributed by atoms with Crippen molar-refractivity contribution in [2.24, 2.45) is 0 Å². The largest absolute Gasteiger partial charge is 0.494 e. The number of alkyl halides is 3. The van der Waals surface area contributed by atoms with Crippen LogP contribution >= 0.6 is 0 Å². The first-order valence-corrected chi connectivity index (χ1v) is 12.8. The fourth-order valence-corrected chi connectivity index (χ4v) is 4.90. The lowest BCUT2D eigenvalue weighted by atomic mass is 9.80. The molecule has 0 bridgehead atoms. The van der Waals surface area contributed by atoms with E-state index >= 15 is 0 Å². The van der Waals surface area contributed by atoms with Crippen LogP contribution in [-0.4, -0.2) is 53.7 Å². The van der Waals surface area contributed by atoms with Gasteiger partial charge in [0.1, 0.15) is 34.8 Å². The zero-order valence-electron chi connectivity index (χ0n) is 22.5. The van der Waals surface area contributed by atoms with Gasteiger partial charge in [-0.25, -0.2) is 9.37 Å². The van der Waals surface area contributed by atoms with Crippen molar-refractivity contribution in [1.82, 2.24) is 15.3 Å². The molecular formula is C30H25F4N3O5. The van der Waals surface area contributed by atoms with Crippen LogP contribution in [-0.2, 0) is 15.8 Å². The molecule has 1 aliphatic rings. The minimum Gasteiger partial charge on any atom is -0.494 e. The Bertz CT molecular complexity index is 1680. The number of aldehydes is 1. The summed E-state index contributed by atoms with van der Waals surface area (Å²) in [4.78, 5) is 32.9. The Balaban J connectivity index is 1.58. The molecule has 2 aromatic heterocycles. The number of aromatic nitrogens is 2. The molecule has 1 amide bonds. The van der Waals surface area contributed by atoms with Gasteiger partial charge in [-0.15, -0.1) is 0 Å². The van der Waals surface area contributed by atoms with Gasteiger partial charge < -0.3 is 24.7 Å². The van der Waals surface area contributed by atoms with Gasteiger partial charge in [0.15, 0.2) is 0 Å². The lowest BCUT2D eigenvalue weighted by Gasteiger charge is -2.31. The van der Waals surface area contributed by atoms with Gasteiger partial charge in [0, 0.05) is 40.1 Å². The third-order valence-corrected chi connectivity index (χ3v) is 7.36. The number of nitrogens with zero attached hydrogens (tertiary/aromatic N) is 2. The highest BCUT2D eigenvalue weighted by molar-refractivity contribution is 5.99. The Morgan fingerprint density at radius 2 is 1.93 bits per heavy atom. The van der Waals surface area contributed by atoms with E-state index in [-0.39, 0.29) is 46.9 Å². The smallest absolute Gasteiger partial charge is 0.424 e. The van der Waals surface area contributed by atoms with Crippen molar-refractivity contribution in [3.63, 3.8) is 0 Å². The molecule has 12 heteroatoms. The van der Waals surface area contributed by atoms with Gasteiger partial charge in [-0.1, -0.05) is 13.0 Å². The molecule has 8 nitrogen and oxygen atoms in total. The molecule has 0 saturated carbocycles. The lowest BCUT2D eigenvalue weighted by molar-refractivity contribution is -0.265. The lowest BCUT2D eigenvalue weighted by Crippen LogP contribution is -2.51. The Hall–Kier alpha value is -4.58. The predicted molar refractivity (Wildman–Crippen MR) is 144 cm³/mol. The SMILES string of the molecule is COc1cc(C(=O)NCC(O)(c2cc3c(c(-c4ccc(F)cc4)n2)OC[C@]3(C)CC=O)C(F)(F)F)cc2cccnc12. The van der Waals surface area contributed by atoms with Crippen molar-refractivity contribution >= 4 is 23.1 Å². The maximum Gasteiger partial charge on any atom is 0.424 e. The number of fused-ring (bicyclic) bond motifs is 2. The summed E-state index contributed by atoms with van der Waals surface area (Å²) in [5.74, 6) is -1.12. The monoisotopic (exact) mass is 583 g/mol. The van der Waals surface area contributed by atoms with Crippen LogP contribution in [0.1, 0.15) is 35.0 Å². The first-order valence-electron chi connectivity index (χ1n) is 12.8. The summed E-state index contributed by atoms with van der Waals surface area (Å²) < 4.78 is 68.6. The molecule has 4 aromatic rings. The second kappa shape index (κ2) is 10.7. The molecule has 1 aliphatic heterocycles. The number of amides is 1. The normalized spacial score (nSPS) is 17.7. The first kappa shape index (κ1) is 28.9. The quantitative estimate of drug-likeness (QED) is 0.225. The minimum atomic E-state index is -5.30. The number of carbonyl (C=O) groups is 2. The molecule has 0 saturated heterocycles. The van der Waals surface area contributed by atoms with Crippen LogP contribution in [0.3, 0.4) is 0 Å². The van der Waals surface area contributed by atoms with E-state index in [0.717, 1.165) is 18.2 Å². The van der Waals surface area contributed by atoms with Gasteiger partial charge in [0.25, 0.3) is 5.91 Å². The second-order valence-corrected chi connectivity index (χ2v) is 10.3. The summed E-state index contributed by atoms with van der Waals surface area (Å²) in [6, 6.07) is 12.0. The molecule has 0 fully saturated rings. The number of benzene rings is 2. The van der Waals surface area contributed by atoms with Crippen LogP contribution in [0.2, 0.25) is 0 Å². The number of rotatable bonds is 8. The summed E-state index contributed by atoms with van der Waals surface area (Å²) in [5.41, 5.74) is -4.67.